The Morgan fingerprint density at radius 2 is 2.19 bits per heavy atom. The molecule has 0 heterocycles. The molecule has 86 valence electrons. The number of carbonyl (C=O) groups is 1. The van der Waals surface area contributed by atoms with E-state index >= 15 is 0 Å². The van der Waals surface area contributed by atoms with Gasteiger partial charge in [0, 0.05) is 24.2 Å². The molecule has 0 aliphatic carbocycles. The number of nitrogens with zero attached hydrogens (tertiary/aromatic N) is 1. The standard InChI is InChI=1S/C11H14N2O3/c1-7(13-15)10-5-4-9(12-8(2)14)6-11(10)16-3/h4-7H,1-3H3,(H,12,14). The first-order chi connectivity index (χ1) is 7.58. The van der Waals surface area contributed by atoms with Crippen molar-refractivity contribution in [2.45, 2.75) is 19.9 Å². The van der Waals surface area contributed by atoms with E-state index in [1.54, 1.807) is 25.1 Å². The molecule has 0 fully saturated rings. The smallest absolute Gasteiger partial charge is 0.221 e. The second-order valence-corrected chi connectivity index (χ2v) is 3.42. The zero-order chi connectivity index (χ0) is 12.1. The lowest BCUT2D eigenvalue weighted by molar-refractivity contribution is -0.114. The van der Waals surface area contributed by atoms with Gasteiger partial charge in [-0.05, 0) is 13.0 Å². The van der Waals surface area contributed by atoms with E-state index in [-0.39, 0.29) is 5.91 Å². The Hall–Kier alpha value is -1.91. The number of methoxy groups -OCH3 is 1. The minimum atomic E-state index is -0.471. The Morgan fingerprint density at radius 3 is 2.69 bits per heavy atom. The van der Waals surface area contributed by atoms with Gasteiger partial charge in [0.2, 0.25) is 5.91 Å². The third kappa shape index (κ3) is 2.79. The van der Waals surface area contributed by atoms with E-state index < -0.39 is 6.04 Å². The summed E-state index contributed by atoms with van der Waals surface area (Å²) in [4.78, 5) is 21.3. The van der Waals surface area contributed by atoms with E-state index in [2.05, 4.69) is 10.5 Å². The van der Waals surface area contributed by atoms with Crippen molar-refractivity contribution in [3.8, 4) is 5.75 Å². The van der Waals surface area contributed by atoms with Crippen LogP contribution in [-0.4, -0.2) is 13.0 Å². The summed E-state index contributed by atoms with van der Waals surface area (Å²) in [7, 11) is 1.51. The largest absolute Gasteiger partial charge is 0.496 e. The third-order valence-electron chi connectivity index (χ3n) is 2.16. The molecule has 0 radical (unpaired) electrons. The minimum absolute atomic E-state index is 0.156. The van der Waals surface area contributed by atoms with Crippen LogP contribution in [-0.2, 0) is 4.79 Å². The Bertz CT molecular complexity index is 404. The van der Waals surface area contributed by atoms with E-state index in [9.17, 15) is 9.70 Å². The Morgan fingerprint density at radius 1 is 1.50 bits per heavy atom. The van der Waals surface area contributed by atoms with Crippen LogP contribution in [0.1, 0.15) is 25.5 Å². The van der Waals surface area contributed by atoms with Crippen LogP contribution in [0.4, 0.5) is 5.69 Å². The predicted molar refractivity (Wildman–Crippen MR) is 61.5 cm³/mol. The zero-order valence-corrected chi connectivity index (χ0v) is 9.48. The van der Waals surface area contributed by atoms with Crippen LogP contribution >= 0.6 is 0 Å². The number of anilines is 1. The van der Waals surface area contributed by atoms with Crippen LogP contribution in [0.2, 0.25) is 0 Å². The first-order valence-electron chi connectivity index (χ1n) is 4.86. The molecule has 1 aromatic carbocycles. The number of amides is 1. The van der Waals surface area contributed by atoms with Crippen molar-refractivity contribution in [3.05, 3.63) is 28.7 Å². The summed E-state index contributed by atoms with van der Waals surface area (Å²) < 4.78 is 5.14. The summed E-state index contributed by atoms with van der Waals surface area (Å²) in [5, 5.41) is 5.58. The number of hydrogen-bond acceptors (Lipinski definition) is 4. The van der Waals surface area contributed by atoms with Crippen molar-refractivity contribution in [1.29, 1.82) is 0 Å². The van der Waals surface area contributed by atoms with Crippen LogP contribution in [0.25, 0.3) is 0 Å². The molecule has 1 amide bonds. The maximum Gasteiger partial charge on any atom is 0.221 e. The predicted octanol–water partition coefficient (Wildman–Crippen LogP) is 2.48. The topological polar surface area (TPSA) is 67.8 Å². The van der Waals surface area contributed by atoms with Gasteiger partial charge in [0.25, 0.3) is 0 Å². The number of nitrogens with one attached hydrogen (secondary N) is 1. The molecule has 1 N–H and O–H groups in total. The number of benzene rings is 1. The Balaban J connectivity index is 3.06. The van der Waals surface area contributed by atoms with Crippen molar-refractivity contribution in [2.24, 2.45) is 5.18 Å². The fourth-order valence-electron chi connectivity index (χ4n) is 1.39. The van der Waals surface area contributed by atoms with Gasteiger partial charge in [-0.15, -0.1) is 0 Å². The average molecular weight is 222 g/mol. The number of nitroso groups, excluding NO2 is 1. The number of rotatable bonds is 4. The molecule has 5 nitrogen and oxygen atoms in total. The maximum atomic E-state index is 10.9. The summed E-state index contributed by atoms with van der Waals surface area (Å²) in [6.07, 6.45) is 0. The summed E-state index contributed by atoms with van der Waals surface area (Å²) in [5.74, 6) is 0.384. The lowest BCUT2D eigenvalue weighted by Crippen LogP contribution is -2.06. The van der Waals surface area contributed by atoms with Crippen molar-refractivity contribution >= 4 is 11.6 Å². The van der Waals surface area contributed by atoms with E-state index in [1.807, 2.05) is 0 Å². The van der Waals surface area contributed by atoms with Gasteiger partial charge >= 0.3 is 0 Å². The van der Waals surface area contributed by atoms with Crippen LogP contribution in [0.3, 0.4) is 0 Å². The van der Waals surface area contributed by atoms with Crippen molar-refractivity contribution < 1.29 is 9.53 Å². The molecule has 1 rings (SSSR count). The van der Waals surface area contributed by atoms with Gasteiger partial charge in [0.05, 0.1) is 7.11 Å². The van der Waals surface area contributed by atoms with Gasteiger partial charge in [-0.25, -0.2) is 0 Å². The van der Waals surface area contributed by atoms with E-state index in [0.29, 0.717) is 17.0 Å². The number of hydrogen-bond donors (Lipinski definition) is 1. The van der Waals surface area contributed by atoms with Crippen LogP contribution < -0.4 is 10.1 Å². The summed E-state index contributed by atoms with van der Waals surface area (Å²) in [6, 6.07) is 4.62. The lowest BCUT2D eigenvalue weighted by atomic mass is 10.1. The van der Waals surface area contributed by atoms with E-state index in [1.165, 1.54) is 14.0 Å². The molecule has 1 unspecified atom stereocenters. The molecule has 0 spiro atoms. The van der Waals surface area contributed by atoms with Crippen LogP contribution in [0.5, 0.6) is 5.75 Å². The fourth-order valence-corrected chi connectivity index (χ4v) is 1.39. The molecule has 5 heteroatoms. The van der Waals surface area contributed by atoms with Gasteiger partial charge in [-0.3, -0.25) is 4.79 Å². The SMILES string of the molecule is COc1cc(NC(C)=O)ccc1C(C)N=O. The highest BCUT2D eigenvalue weighted by Crippen LogP contribution is 2.29. The molecule has 0 saturated carbocycles. The first kappa shape index (κ1) is 12.2. The summed E-state index contributed by atoms with van der Waals surface area (Å²) in [5.41, 5.74) is 1.33. The lowest BCUT2D eigenvalue weighted by Gasteiger charge is -2.11. The van der Waals surface area contributed by atoms with E-state index in [4.69, 9.17) is 4.74 Å². The van der Waals surface area contributed by atoms with Crippen molar-refractivity contribution in [2.75, 3.05) is 12.4 Å². The third-order valence-corrected chi connectivity index (χ3v) is 2.16. The molecule has 0 aromatic heterocycles. The first-order valence-corrected chi connectivity index (χ1v) is 4.86. The molecule has 1 aromatic rings. The quantitative estimate of drug-likeness (QED) is 0.796. The fraction of sp³-hybridized carbons (Fsp3) is 0.364. The van der Waals surface area contributed by atoms with Gasteiger partial charge in [0.15, 0.2) is 0 Å². The normalized spacial score (nSPS) is 11.7. The molecular weight excluding hydrogens is 208 g/mol. The molecule has 0 bridgehead atoms. The second kappa shape index (κ2) is 5.25. The number of carbonyl (C=O) groups excluding carboxylic acids is 1. The maximum absolute atomic E-state index is 10.9. The van der Waals surface area contributed by atoms with Gasteiger partial charge < -0.3 is 10.1 Å². The monoisotopic (exact) mass is 222 g/mol. The molecular formula is C11H14N2O3. The van der Waals surface area contributed by atoms with Crippen LogP contribution in [0.15, 0.2) is 23.4 Å². The minimum Gasteiger partial charge on any atom is -0.496 e. The van der Waals surface area contributed by atoms with Gasteiger partial charge in [0.1, 0.15) is 11.8 Å². The van der Waals surface area contributed by atoms with Crippen molar-refractivity contribution in [1.82, 2.24) is 0 Å². The zero-order valence-electron chi connectivity index (χ0n) is 9.48. The Kier molecular flexibility index (Phi) is 3.99. The van der Waals surface area contributed by atoms with Gasteiger partial charge in [-0.2, -0.15) is 4.91 Å². The highest BCUT2D eigenvalue weighted by molar-refractivity contribution is 5.88. The van der Waals surface area contributed by atoms with Gasteiger partial charge in [-0.1, -0.05) is 11.2 Å². The highest BCUT2D eigenvalue weighted by atomic mass is 16.5. The van der Waals surface area contributed by atoms with Crippen molar-refractivity contribution in [3.63, 3.8) is 0 Å². The average Bonchev–Trinajstić information content (AvgIpc) is 2.27. The molecule has 1 atom stereocenters. The van der Waals surface area contributed by atoms with Crippen LogP contribution in [0, 0.1) is 4.91 Å². The highest BCUT2D eigenvalue weighted by Gasteiger charge is 2.12. The number of ether oxygens (including phenoxy) is 1. The second-order valence-electron chi connectivity index (χ2n) is 3.42. The van der Waals surface area contributed by atoms with E-state index in [0.717, 1.165) is 0 Å². The summed E-state index contributed by atoms with van der Waals surface area (Å²) >= 11 is 0. The molecule has 0 saturated heterocycles. The summed E-state index contributed by atoms with van der Waals surface area (Å²) in [6.45, 7) is 3.11. The Labute approximate surface area is 93.8 Å². The molecule has 0 aliphatic rings. The molecule has 16 heavy (non-hydrogen) atoms. The molecule has 0 aliphatic heterocycles.